The molecule has 0 amide bonds. The Morgan fingerprint density at radius 2 is 1.77 bits per heavy atom. The van der Waals surface area contributed by atoms with Gasteiger partial charge in [-0.2, -0.15) is 0 Å². The van der Waals surface area contributed by atoms with Gasteiger partial charge in [-0.1, -0.05) is 38.1 Å². The Morgan fingerprint density at radius 3 is 2.41 bits per heavy atom. The van der Waals surface area contributed by atoms with E-state index in [-0.39, 0.29) is 11.7 Å². The summed E-state index contributed by atoms with van der Waals surface area (Å²) in [5.41, 5.74) is 2.19. The molecule has 0 spiro atoms. The van der Waals surface area contributed by atoms with Crippen LogP contribution in [0.25, 0.3) is 22.3 Å². The molecule has 22 heavy (non-hydrogen) atoms. The number of phenols is 1. The topological polar surface area (TPSA) is 73.8 Å². The van der Waals surface area contributed by atoms with Crippen molar-refractivity contribution >= 4 is 23.6 Å². The highest BCUT2D eigenvalue weighted by atomic mass is 16.4. The monoisotopic (exact) mass is 296 g/mol. The summed E-state index contributed by atoms with van der Waals surface area (Å²) in [5.74, 6) is 0.589. The first-order valence-electron chi connectivity index (χ1n) is 7.19. The molecular weight excluding hydrogens is 279 g/mol. The van der Waals surface area contributed by atoms with E-state index in [0.29, 0.717) is 22.3 Å². The first-order chi connectivity index (χ1) is 10.5. The van der Waals surface area contributed by atoms with Crippen molar-refractivity contribution in [1.29, 1.82) is 0 Å². The van der Waals surface area contributed by atoms with E-state index in [1.54, 1.807) is 12.1 Å². The molecule has 3 aromatic rings. The van der Waals surface area contributed by atoms with Gasteiger partial charge in [-0.15, -0.1) is 0 Å². The Hall–Kier alpha value is -2.24. The minimum Gasteiger partial charge on any atom is -0.508 e. The first-order valence-corrected chi connectivity index (χ1v) is 7.19. The van der Waals surface area contributed by atoms with Crippen molar-refractivity contribution < 1.29 is 19.6 Å². The minimum absolute atomic E-state index is 0.0264. The molecule has 5 heteroatoms. The normalized spacial score (nSPS) is 11.3. The fourth-order valence-electron chi connectivity index (χ4n) is 2.77. The van der Waals surface area contributed by atoms with Crippen LogP contribution in [0.1, 0.15) is 25.3 Å². The highest BCUT2D eigenvalue weighted by molar-refractivity contribution is 6.59. The van der Waals surface area contributed by atoms with Crippen LogP contribution in [0.4, 0.5) is 0 Å². The van der Waals surface area contributed by atoms with E-state index < -0.39 is 7.12 Å². The van der Waals surface area contributed by atoms with Gasteiger partial charge in [0.15, 0.2) is 0 Å². The van der Waals surface area contributed by atoms with Crippen LogP contribution in [0.2, 0.25) is 0 Å². The number of hydrogen-bond acceptors (Lipinski definition) is 4. The Labute approximate surface area is 128 Å². The van der Waals surface area contributed by atoms with E-state index in [9.17, 15) is 15.2 Å². The highest BCUT2D eigenvalue weighted by Crippen LogP contribution is 2.32. The van der Waals surface area contributed by atoms with E-state index >= 15 is 0 Å². The predicted octanol–water partition coefficient (Wildman–Crippen LogP) is 2.61. The zero-order valence-electron chi connectivity index (χ0n) is 12.4. The second-order valence-electron chi connectivity index (χ2n) is 5.68. The molecule has 0 unspecified atom stereocenters. The lowest BCUT2D eigenvalue weighted by Gasteiger charge is -2.15. The molecule has 1 aromatic heterocycles. The maximum atomic E-state index is 10.3. The molecular formula is C17H17BO4. The van der Waals surface area contributed by atoms with Crippen molar-refractivity contribution in [2.45, 2.75) is 19.8 Å². The van der Waals surface area contributed by atoms with Gasteiger partial charge in [0, 0.05) is 10.9 Å². The molecule has 0 fully saturated rings. The summed E-state index contributed by atoms with van der Waals surface area (Å²) in [6.07, 6.45) is 0. The molecule has 1 heterocycles. The molecule has 0 bridgehead atoms. The molecule has 0 saturated carbocycles. The quantitative estimate of drug-likeness (QED) is 0.650. The number of hydrogen-bond donors (Lipinski definition) is 3. The highest BCUT2D eigenvalue weighted by Gasteiger charge is 2.23. The average molecular weight is 296 g/mol. The Morgan fingerprint density at radius 1 is 1.05 bits per heavy atom. The molecule has 2 aromatic carbocycles. The molecule has 3 N–H and O–H groups in total. The second-order valence-corrected chi connectivity index (χ2v) is 5.68. The summed E-state index contributed by atoms with van der Waals surface area (Å²) >= 11 is 0. The van der Waals surface area contributed by atoms with Gasteiger partial charge in [-0.05, 0) is 35.1 Å². The Balaban J connectivity index is 2.19. The first kappa shape index (κ1) is 14.7. The van der Waals surface area contributed by atoms with Crippen LogP contribution in [-0.2, 0) is 0 Å². The summed E-state index contributed by atoms with van der Waals surface area (Å²) in [6.45, 7) is 3.78. The summed E-state index contributed by atoms with van der Waals surface area (Å²) in [7, 11) is -1.65. The van der Waals surface area contributed by atoms with Crippen LogP contribution < -0.4 is 5.46 Å². The number of rotatable bonds is 3. The molecule has 0 aliphatic heterocycles. The Kier molecular flexibility index (Phi) is 3.68. The molecule has 3 rings (SSSR count). The van der Waals surface area contributed by atoms with Gasteiger partial charge < -0.3 is 19.6 Å². The van der Waals surface area contributed by atoms with E-state index in [0.717, 1.165) is 11.0 Å². The van der Waals surface area contributed by atoms with Gasteiger partial charge >= 0.3 is 7.12 Å². The maximum absolute atomic E-state index is 10.3. The lowest BCUT2D eigenvalue weighted by Crippen LogP contribution is -2.33. The average Bonchev–Trinajstić information content (AvgIpc) is 2.89. The largest absolute Gasteiger partial charge is 0.508 e. The molecule has 112 valence electrons. The zero-order chi connectivity index (χ0) is 15.9. The number of phenolic OH excluding ortho intramolecular Hbond substituents is 1. The molecule has 0 aliphatic carbocycles. The van der Waals surface area contributed by atoms with Gasteiger partial charge in [-0.3, -0.25) is 0 Å². The maximum Gasteiger partial charge on any atom is 0.488 e. The van der Waals surface area contributed by atoms with Crippen molar-refractivity contribution in [3.05, 3.63) is 48.0 Å². The van der Waals surface area contributed by atoms with Crippen molar-refractivity contribution in [3.63, 3.8) is 0 Å². The lowest BCUT2D eigenvalue weighted by atomic mass is 9.73. The minimum atomic E-state index is -1.65. The van der Waals surface area contributed by atoms with E-state index in [1.807, 2.05) is 44.2 Å². The molecule has 0 aliphatic rings. The standard InChI is InChI=1S/C17H17BO4/c1-10(2)17-13(18(20)21)7-12(8-14(17)19)16-9-11-5-3-4-6-15(11)22-16/h3-10,19-21H,1-2H3. The number of aromatic hydroxyl groups is 1. The molecule has 0 atom stereocenters. The molecule has 0 radical (unpaired) electrons. The van der Waals surface area contributed by atoms with Crippen molar-refractivity contribution in [2.24, 2.45) is 0 Å². The fourth-order valence-corrected chi connectivity index (χ4v) is 2.77. The predicted molar refractivity (Wildman–Crippen MR) is 87.2 cm³/mol. The van der Waals surface area contributed by atoms with Crippen molar-refractivity contribution in [2.75, 3.05) is 0 Å². The van der Waals surface area contributed by atoms with Gasteiger partial charge in [0.2, 0.25) is 0 Å². The van der Waals surface area contributed by atoms with E-state index in [4.69, 9.17) is 4.42 Å². The van der Waals surface area contributed by atoms with Crippen molar-refractivity contribution in [3.8, 4) is 17.1 Å². The SMILES string of the molecule is CC(C)c1c(O)cc(-c2cc3ccccc3o2)cc1B(O)O. The third-order valence-corrected chi connectivity index (χ3v) is 3.76. The molecule has 4 nitrogen and oxygen atoms in total. The van der Waals surface area contributed by atoms with Gasteiger partial charge in [0.25, 0.3) is 0 Å². The van der Waals surface area contributed by atoms with E-state index in [2.05, 4.69) is 0 Å². The number of furan rings is 1. The number of benzene rings is 2. The van der Waals surface area contributed by atoms with Crippen LogP contribution >= 0.6 is 0 Å². The van der Waals surface area contributed by atoms with Crippen LogP contribution in [0.5, 0.6) is 5.75 Å². The Bertz CT molecular complexity index is 788. The van der Waals surface area contributed by atoms with Crippen LogP contribution in [-0.4, -0.2) is 22.3 Å². The van der Waals surface area contributed by atoms with Crippen LogP contribution in [0.15, 0.2) is 46.9 Å². The van der Waals surface area contributed by atoms with Gasteiger partial charge in [0.05, 0.1) is 0 Å². The van der Waals surface area contributed by atoms with Crippen LogP contribution in [0, 0.1) is 0 Å². The summed E-state index contributed by atoms with van der Waals surface area (Å²) < 4.78 is 5.77. The summed E-state index contributed by atoms with van der Waals surface area (Å²) in [5, 5.41) is 30.4. The smallest absolute Gasteiger partial charge is 0.488 e. The van der Waals surface area contributed by atoms with Gasteiger partial charge in [-0.25, -0.2) is 0 Å². The zero-order valence-corrected chi connectivity index (χ0v) is 12.4. The summed E-state index contributed by atoms with van der Waals surface area (Å²) in [6, 6.07) is 12.7. The van der Waals surface area contributed by atoms with Crippen molar-refractivity contribution in [1.82, 2.24) is 0 Å². The lowest BCUT2D eigenvalue weighted by molar-refractivity contribution is 0.423. The third-order valence-electron chi connectivity index (χ3n) is 3.76. The van der Waals surface area contributed by atoms with E-state index in [1.165, 1.54) is 0 Å². The fraction of sp³-hybridized carbons (Fsp3) is 0.176. The second kappa shape index (κ2) is 5.52. The number of para-hydroxylation sites is 1. The third kappa shape index (κ3) is 2.49. The summed E-state index contributed by atoms with van der Waals surface area (Å²) in [4.78, 5) is 0. The van der Waals surface area contributed by atoms with Crippen LogP contribution in [0.3, 0.4) is 0 Å². The van der Waals surface area contributed by atoms with Gasteiger partial charge in [0.1, 0.15) is 17.1 Å². The number of fused-ring (bicyclic) bond motifs is 1. The molecule has 0 saturated heterocycles.